The second-order valence-electron chi connectivity index (χ2n) is 6.02. The van der Waals surface area contributed by atoms with Crippen molar-refractivity contribution in [3.8, 4) is 0 Å². The van der Waals surface area contributed by atoms with Gasteiger partial charge in [-0.1, -0.05) is 19.8 Å². The second kappa shape index (κ2) is 7.02. The first kappa shape index (κ1) is 15.9. The van der Waals surface area contributed by atoms with Crippen molar-refractivity contribution in [2.75, 3.05) is 19.6 Å². The number of likely N-dealkylation sites (tertiary alicyclic amines) is 1. The highest BCUT2D eigenvalue weighted by Crippen LogP contribution is 2.37. The fraction of sp³-hybridized carbons (Fsp3) is 0.800. The van der Waals surface area contributed by atoms with Crippen LogP contribution in [0.4, 0.5) is 0 Å². The molecule has 21 heavy (non-hydrogen) atoms. The molecular weight excluding hydrogens is 270 g/mol. The lowest BCUT2D eigenvalue weighted by atomic mass is 9.81. The minimum atomic E-state index is -0.264. The lowest BCUT2D eigenvalue weighted by molar-refractivity contribution is -0.143. The zero-order valence-corrected chi connectivity index (χ0v) is 12.9. The summed E-state index contributed by atoms with van der Waals surface area (Å²) in [6.45, 7) is 5.18. The van der Waals surface area contributed by atoms with Gasteiger partial charge in [-0.25, -0.2) is 0 Å². The predicted molar refractivity (Wildman–Crippen MR) is 78.3 cm³/mol. The van der Waals surface area contributed by atoms with Crippen LogP contribution in [0.25, 0.3) is 0 Å². The predicted octanol–water partition coefficient (Wildman–Crippen LogP) is 0.276. The van der Waals surface area contributed by atoms with Crippen LogP contribution < -0.4 is 10.6 Å². The van der Waals surface area contributed by atoms with Gasteiger partial charge in [0.25, 0.3) is 0 Å². The van der Waals surface area contributed by atoms with Crippen molar-refractivity contribution in [2.24, 2.45) is 11.8 Å². The first-order chi connectivity index (χ1) is 10.0. The van der Waals surface area contributed by atoms with Crippen LogP contribution in [0.5, 0.6) is 0 Å². The van der Waals surface area contributed by atoms with Crippen molar-refractivity contribution < 1.29 is 14.4 Å². The summed E-state index contributed by atoms with van der Waals surface area (Å²) in [6, 6.07) is 0.173. The van der Waals surface area contributed by atoms with Gasteiger partial charge in [0.1, 0.15) is 6.54 Å². The molecule has 1 saturated heterocycles. The maximum absolute atomic E-state index is 12.2. The molecule has 0 radical (unpaired) electrons. The summed E-state index contributed by atoms with van der Waals surface area (Å²) < 4.78 is 0. The molecule has 1 heterocycles. The Balaban J connectivity index is 1.86. The fourth-order valence-corrected chi connectivity index (χ4v) is 3.27. The molecule has 118 valence electrons. The zero-order valence-electron chi connectivity index (χ0n) is 12.9. The zero-order chi connectivity index (χ0) is 15.4. The van der Waals surface area contributed by atoms with Gasteiger partial charge in [-0.2, -0.15) is 0 Å². The fourth-order valence-electron chi connectivity index (χ4n) is 3.27. The van der Waals surface area contributed by atoms with E-state index in [1.807, 2.05) is 13.8 Å². The quantitative estimate of drug-likeness (QED) is 0.690. The van der Waals surface area contributed by atoms with Gasteiger partial charge in [-0.3, -0.25) is 19.3 Å². The van der Waals surface area contributed by atoms with E-state index in [0.29, 0.717) is 6.54 Å². The number of likely N-dealkylation sites (N-methyl/N-ethyl adjacent to an activating group) is 1. The van der Waals surface area contributed by atoms with E-state index in [4.69, 9.17) is 0 Å². The molecule has 0 aromatic carbocycles. The normalized spacial score (nSPS) is 26.7. The van der Waals surface area contributed by atoms with Crippen molar-refractivity contribution in [1.82, 2.24) is 15.5 Å². The van der Waals surface area contributed by atoms with Crippen LogP contribution in [0.2, 0.25) is 0 Å². The summed E-state index contributed by atoms with van der Waals surface area (Å²) in [5.41, 5.74) is 0. The highest BCUT2D eigenvalue weighted by atomic mass is 16.2. The molecule has 2 aliphatic rings. The standard InChI is InChI=1S/C15H25N3O3/c1-3-16-10(2)8-17-13(19)9-18-14(20)11-6-4-5-7-12(11)15(18)21/h10-12,16H,3-9H2,1-2H3,(H,17,19)/t10-,11?,12?/m1/s1. The Labute approximate surface area is 125 Å². The Morgan fingerprint density at radius 2 is 1.81 bits per heavy atom. The molecule has 2 fully saturated rings. The molecule has 2 N–H and O–H groups in total. The van der Waals surface area contributed by atoms with E-state index >= 15 is 0 Å². The molecule has 1 saturated carbocycles. The largest absolute Gasteiger partial charge is 0.353 e. The van der Waals surface area contributed by atoms with Gasteiger partial charge in [-0.05, 0) is 26.3 Å². The minimum Gasteiger partial charge on any atom is -0.353 e. The molecule has 3 amide bonds. The topological polar surface area (TPSA) is 78.5 Å². The van der Waals surface area contributed by atoms with Crippen molar-refractivity contribution in [1.29, 1.82) is 0 Å². The second-order valence-corrected chi connectivity index (χ2v) is 6.02. The smallest absolute Gasteiger partial charge is 0.240 e. The summed E-state index contributed by atoms with van der Waals surface area (Å²) in [6.07, 6.45) is 3.57. The SMILES string of the molecule is CCN[C@H](C)CNC(=O)CN1C(=O)C2CCCCC2C1=O. The molecule has 6 heteroatoms. The van der Waals surface area contributed by atoms with Gasteiger partial charge < -0.3 is 10.6 Å². The number of hydrogen-bond donors (Lipinski definition) is 2. The molecule has 1 aliphatic carbocycles. The average Bonchev–Trinajstić information content (AvgIpc) is 2.71. The van der Waals surface area contributed by atoms with Gasteiger partial charge in [0.2, 0.25) is 17.7 Å². The van der Waals surface area contributed by atoms with Crippen LogP contribution in [0.15, 0.2) is 0 Å². The summed E-state index contributed by atoms with van der Waals surface area (Å²) in [5, 5.41) is 5.96. The third-order valence-corrected chi connectivity index (χ3v) is 4.39. The van der Waals surface area contributed by atoms with E-state index < -0.39 is 0 Å². The molecule has 1 aliphatic heterocycles. The molecule has 0 aromatic rings. The Bertz CT molecular complexity index is 400. The van der Waals surface area contributed by atoms with Gasteiger partial charge >= 0.3 is 0 Å². The van der Waals surface area contributed by atoms with Crippen LogP contribution in [0, 0.1) is 11.8 Å². The lowest BCUT2D eigenvalue weighted by Gasteiger charge is -2.19. The van der Waals surface area contributed by atoms with E-state index in [9.17, 15) is 14.4 Å². The number of hydrogen-bond acceptors (Lipinski definition) is 4. The number of rotatable bonds is 6. The number of imide groups is 1. The summed E-state index contributed by atoms with van der Waals surface area (Å²) >= 11 is 0. The summed E-state index contributed by atoms with van der Waals surface area (Å²) in [5.74, 6) is -0.932. The molecular formula is C15H25N3O3. The van der Waals surface area contributed by atoms with E-state index in [-0.39, 0.29) is 42.1 Å². The molecule has 6 nitrogen and oxygen atoms in total. The number of carbonyl (C=O) groups is 3. The van der Waals surface area contributed by atoms with Crippen molar-refractivity contribution in [3.63, 3.8) is 0 Å². The number of fused-ring (bicyclic) bond motifs is 1. The third kappa shape index (κ3) is 3.61. The van der Waals surface area contributed by atoms with Crippen molar-refractivity contribution in [3.05, 3.63) is 0 Å². The van der Waals surface area contributed by atoms with Crippen LogP contribution in [0.3, 0.4) is 0 Å². The Hall–Kier alpha value is -1.43. The lowest BCUT2D eigenvalue weighted by Crippen LogP contribution is -2.45. The van der Waals surface area contributed by atoms with E-state index in [1.54, 1.807) is 0 Å². The highest BCUT2D eigenvalue weighted by molar-refractivity contribution is 6.07. The monoisotopic (exact) mass is 295 g/mol. The average molecular weight is 295 g/mol. The van der Waals surface area contributed by atoms with Gasteiger partial charge in [0.05, 0.1) is 11.8 Å². The number of nitrogens with one attached hydrogen (secondary N) is 2. The minimum absolute atomic E-state index is 0.135. The number of amides is 3. The molecule has 2 unspecified atom stereocenters. The van der Waals surface area contributed by atoms with Gasteiger partial charge in [0, 0.05) is 12.6 Å². The van der Waals surface area contributed by atoms with Gasteiger partial charge in [-0.15, -0.1) is 0 Å². The maximum atomic E-state index is 12.2. The molecule has 0 aromatic heterocycles. The van der Waals surface area contributed by atoms with E-state index in [1.165, 1.54) is 0 Å². The molecule has 3 atom stereocenters. The Kier molecular flexibility index (Phi) is 5.33. The molecule has 0 bridgehead atoms. The first-order valence-corrected chi connectivity index (χ1v) is 7.90. The number of carbonyl (C=O) groups excluding carboxylic acids is 3. The molecule has 2 rings (SSSR count). The highest BCUT2D eigenvalue weighted by Gasteiger charge is 2.48. The Morgan fingerprint density at radius 1 is 1.24 bits per heavy atom. The van der Waals surface area contributed by atoms with Crippen LogP contribution in [-0.2, 0) is 14.4 Å². The third-order valence-electron chi connectivity index (χ3n) is 4.39. The molecule has 0 spiro atoms. The van der Waals surface area contributed by atoms with Crippen LogP contribution in [-0.4, -0.2) is 48.3 Å². The maximum Gasteiger partial charge on any atom is 0.240 e. The van der Waals surface area contributed by atoms with E-state index in [2.05, 4.69) is 10.6 Å². The first-order valence-electron chi connectivity index (χ1n) is 7.90. The van der Waals surface area contributed by atoms with Crippen LogP contribution in [0.1, 0.15) is 39.5 Å². The van der Waals surface area contributed by atoms with Crippen molar-refractivity contribution >= 4 is 17.7 Å². The Morgan fingerprint density at radius 3 is 2.33 bits per heavy atom. The van der Waals surface area contributed by atoms with Crippen molar-refractivity contribution in [2.45, 2.75) is 45.6 Å². The number of nitrogens with zero attached hydrogens (tertiary/aromatic N) is 1. The summed E-state index contributed by atoms with van der Waals surface area (Å²) in [7, 11) is 0. The van der Waals surface area contributed by atoms with Crippen LogP contribution >= 0.6 is 0 Å². The summed E-state index contributed by atoms with van der Waals surface area (Å²) in [4.78, 5) is 37.6. The van der Waals surface area contributed by atoms with Gasteiger partial charge in [0.15, 0.2) is 0 Å². The van der Waals surface area contributed by atoms with E-state index in [0.717, 1.165) is 37.1 Å².